The Morgan fingerprint density at radius 1 is 1.08 bits per heavy atom. The van der Waals surface area contributed by atoms with Crippen molar-refractivity contribution in [3.63, 3.8) is 0 Å². The molecule has 0 saturated heterocycles. The van der Waals surface area contributed by atoms with Crippen molar-refractivity contribution in [2.75, 3.05) is 7.11 Å². The number of nitriles is 1. The summed E-state index contributed by atoms with van der Waals surface area (Å²) >= 11 is 3.42. The van der Waals surface area contributed by atoms with Crippen LogP contribution in [0.25, 0.3) is 22.4 Å². The molecule has 0 bridgehead atoms. The Bertz CT molecular complexity index is 1000. The first-order valence-electron chi connectivity index (χ1n) is 7.20. The molecule has 0 unspecified atom stereocenters. The van der Waals surface area contributed by atoms with Gasteiger partial charge in [0.2, 0.25) is 0 Å². The van der Waals surface area contributed by atoms with Gasteiger partial charge < -0.3 is 9.72 Å². The van der Waals surface area contributed by atoms with E-state index < -0.39 is 5.56 Å². The smallest absolute Gasteiger partial charge is 0.266 e. The van der Waals surface area contributed by atoms with E-state index in [1.54, 1.807) is 7.11 Å². The van der Waals surface area contributed by atoms with E-state index in [-0.39, 0.29) is 5.56 Å². The van der Waals surface area contributed by atoms with Crippen LogP contribution in [0.15, 0.2) is 63.9 Å². The summed E-state index contributed by atoms with van der Waals surface area (Å²) in [6, 6.07) is 18.7. The number of pyridine rings is 1. The van der Waals surface area contributed by atoms with Gasteiger partial charge in [0.25, 0.3) is 5.56 Å². The number of aromatic nitrogens is 1. The minimum Gasteiger partial charge on any atom is -0.497 e. The number of nitrogens with zero attached hydrogens (tertiary/aromatic N) is 1. The number of methoxy groups -OCH3 is 1. The predicted octanol–water partition coefficient (Wildman–Crippen LogP) is 4.35. The van der Waals surface area contributed by atoms with Crippen LogP contribution in [0.4, 0.5) is 0 Å². The fraction of sp³-hybridized carbons (Fsp3) is 0.0526. The number of nitrogens with one attached hydrogen (secondary N) is 1. The molecule has 0 amide bonds. The van der Waals surface area contributed by atoms with Gasteiger partial charge in [-0.15, -0.1) is 0 Å². The largest absolute Gasteiger partial charge is 0.497 e. The van der Waals surface area contributed by atoms with Crippen molar-refractivity contribution in [1.29, 1.82) is 5.26 Å². The van der Waals surface area contributed by atoms with E-state index in [1.165, 1.54) is 0 Å². The monoisotopic (exact) mass is 380 g/mol. The number of ether oxygens (including phenoxy) is 1. The summed E-state index contributed by atoms with van der Waals surface area (Å²) in [5.41, 5.74) is 2.53. The molecule has 0 aliphatic carbocycles. The number of aromatic amines is 1. The first kappa shape index (κ1) is 16.0. The fourth-order valence-electron chi connectivity index (χ4n) is 2.50. The van der Waals surface area contributed by atoms with Gasteiger partial charge in [0, 0.05) is 21.3 Å². The maximum atomic E-state index is 12.4. The van der Waals surface area contributed by atoms with Crippen molar-refractivity contribution < 1.29 is 4.74 Å². The van der Waals surface area contributed by atoms with Gasteiger partial charge in [0.15, 0.2) is 0 Å². The van der Waals surface area contributed by atoms with Gasteiger partial charge in [-0.2, -0.15) is 5.26 Å². The lowest BCUT2D eigenvalue weighted by Gasteiger charge is -2.09. The summed E-state index contributed by atoms with van der Waals surface area (Å²) in [6.07, 6.45) is 0. The van der Waals surface area contributed by atoms with Gasteiger partial charge in [0.1, 0.15) is 17.4 Å². The van der Waals surface area contributed by atoms with Crippen LogP contribution in [0, 0.1) is 11.3 Å². The van der Waals surface area contributed by atoms with Crippen molar-refractivity contribution in [2.45, 2.75) is 0 Å². The van der Waals surface area contributed by atoms with Gasteiger partial charge >= 0.3 is 0 Å². The number of rotatable bonds is 3. The first-order chi connectivity index (χ1) is 11.6. The van der Waals surface area contributed by atoms with Crippen molar-refractivity contribution in [3.05, 3.63) is 75.0 Å². The maximum Gasteiger partial charge on any atom is 0.266 e. The molecule has 1 N–H and O–H groups in total. The SMILES string of the molecule is COc1cccc(-c2cc(-c3cccc(Br)c3)c(C#N)c(=O)[nH]2)c1. The Balaban J connectivity index is 2.24. The van der Waals surface area contributed by atoms with Gasteiger partial charge in [0.05, 0.1) is 7.11 Å². The molecule has 3 aromatic rings. The lowest BCUT2D eigenvalue weighted by Crippen LogP contribution is -2.12. The Labute approximate surface area is 147 Å². The summed E-state index contributed by atoms with van der Waals surface area (Å²) < 4.78 is 6.11. The Kier molecular flexibility index (Phi) is 4.50. The first-order valence-corrected chi connectivity index (χ1v) is 7.99. The summed E-state index contributed by atoms with van der Waals surface area (Å²) in [5, 5.41) is 9.37. The van der Waals surface area contributed by atoms with Crippen molar-refractivity contribution >= 4 is 15.9 Å². The van der Waals surface area contributed by atoms with E-state index in [2.05, 4.69) is 20.9 Å². The highest BCUT2D eigenvalue weighted by Gasteiger charge is 2.13. The van der Waals surface area contributed by atoms with Crippen LogP contribution >= 0.6 is 15.9 Å². The third-order valence-corrected chi connectivity index (χ3v) is 4.15. The second-order valence-corrected chi connectivity index (χ2v) is 6.07. The highest BCUT2D eigenvalue weighted by molar-refractivity contribution is 9.10. The predicted molar refractivity (Wildman–Crippen MR) is 96.9 cm³/mol. The molecule has 4 nitrogen and oxygen atoms in total. The minimum atomic E-state index is -0.409. The van der Waals surface area contributed by atoms with Crippen LogP contribution in [0.2, 0.25) is 0 Å². The molecule has 0 aliphatic rings. The van der Waals surface area contributed by atoms with E-state index in [9.17, 15) is 10.1 Å². The Hall–Kier alpha value is -2.84. The second-order valence-electron chi connectivity index (χ2n) is 5.15. The van der Waals surface area contributed by atoms with Crippen molar-refractivity contribution in [3.8, 4) is 34.2 Å². The lowest BCUT2D eigenvalue weighted by molar-refractivity contribution is 0.415. The molecule has 1 aromatic heterocycles. The van der Waals surface area contributed by atoms with Gasteiger partial charge in [-0.25, -0.2) is 0 Å². The van der Waals surface area contributed by atoms with E-state index in [0.29, 0.717) is 17.0 Å². The summed E-state index contributed by atoms with van der Waals surface area (Å²) in [6.45, 7) is 0. The molecule has 2 aromatic carbocycles. The molecule has 0 atom stereocenters. The van der Waals surface area contributed by atoms with E-state index in [0.717, 1.165) is 15.6 Å². The normalized spacial score (nSPS) is 10.2. The van der Waals surface area contributed by atoms with Gasteiger partial charge in [-0.1, -0.05) is 40.2 Å². The number of halogens is 1. The zero-order valence-corrected chi connectivity index (χ0v) is 14.4. The van der Waals surface area contributed by atoms with Gasteiger partial charge in [-0.3, -0.25) is 4.79 Å². The van der Waals surface area contributed by atoms with Crippen molar-refractivity contribution in [2.24, 2.45) is 0 Å². The molecule has 1 heterocycles. The average molecular weight is 381 g/mol. The van der Waals surface area contributed by atoms with Crippen LogP contribution in [-0.4, -0.2) is 12.1 Å². The third kappa shape index (κ3) is 3.10. The zero-order chi connectivity index (χ0) is 17.1. The number of hydrogen-bond donors (Lipinski definition) is 1. The standard InChI is InChI=1S/C19H13BrN2O2/c1-24-15-7-3-5-13(9-15)18-10-16(17(11-21)19(23)22-18)12-4-2-6-14(20)8-12/h2-10H,1H3,(H,22,23). The van der Waals surface area contributed by atoms with Crippen LogP contribution < -0.4 is 10.3 Å². The average Bonchev–Trinajstić information content (AvgIpc) is 2.61. The molecule has 0 spiro atoms. The second kappa shape index (κ2) is 6.73. The molecule has 0 radical (unpaired) electrons. The molecular formula is C19H13BrN2O2. The highest BCUT2D eigenvalue weighted by atomic mass is 79.9. The van der Waals surface area contributed by atoms with Crippen LogP contribution in [0.1, 0.15) is 5.56 Å². The quantitative estimate of drug-likeness (QED) is 0.734. The molecule has 0 aliphatic heterocycles. The fourth-order valence-corrected chi connectivity index (χ4v) is 2.90. The molecular weight excluding hydrogens is 368 g/mol. The maximum absolute atomic E-state index is 12.4. The zero-order valence-electron chi connectivity index (χ0n) is 12.8. The number of H-pyrrole nitrogens is 1. The number of hydrogen-bond acceptors (Lipinski definition) is 3. The van der Waals surface area contributed by atoms with Crippen molar-refractivity contribution in [1.82, 2.24) is 4.98 Å². The highest BCUT2D eigenvalue weighted by Crippen LogP contribution is 2.29. The third-order valence-electron chi connectivity index (χ3n) is 3.66. The van der Waals surface area contributed by atoms with E-state index >= 15 is 0 Å². The Morgan fingerprint density at radius 3 is 2.54 bits per heavy atom. The molecule has 3 rings (SSSR count). The summed E-state index contributed by atoms with van der Waals surface area (Å²) in [5.74, 6) is 0.696. The lowest BCUT2D eigenvalue weighted by atomic mass is 9.99. The van der Waals surface area contributed by atoms with Crippen LogP contribution in [0.5, 0.6) is 5.75 Å². The number of benzene rings is 2. The van der Waals surface area contributed by atoms with Gasteiger partial charge in [-0.05, 0) is 35.9 Å². The van der Waals surface area contributed by atoms with Crippen LogP contribution in [0.3, 0.4) is 0 Å². The molecule has 0 saturated carbocycles. The molecule has 24 heavy (non-hydrogen) atoms. The topological polar surface area (TPSA) is 65.9 Å². The molecule has 0 fully saturated rings. The van der Waals surface area contributed by atoms with Crippen LogP contribution in [-0.2, 0) is 0 Å². The molecule has 5 heteroatoms. The Morgan fingerprint density at radius 2 is 1.83 bits per heavy atom. The van der Waals surface area contributed by atoms with E-state index in [4.69, 9.17) is 4.74 Å². The summed E-state index contributed by atoms with van der Waals surface area (Å²) in [7, 11) is 1.59. The molecule has 118 valence electrons. The summed E-state index contributed by atoms with van der Waals surface area (Å²) in [4.78, 5) is 15.1. The van der Waals surface area contributed by atoms with E-state index in [1.807, 2.05) is 60.7 Å². The minimum absolute atomic E-state index is 0.0970.